The standard InChI is InChI=1S/C26H24ClN3O5S/c1-14-11-19(25-20(12-14)23(31)15(2)24(35-25)17-5-4-10-28-13-17)16(3)34-21-8-9-22(27)29-26(21)36(32,33)30-18-6-7-18/h4-5,8-13,16,18,30H,6-7H2,1-3H3/t16-/m1/s1. The summed E-state index contributed by atoms with van der Waals surface area (Å²) >= 11 is 6.02. The monoisotopic (exact) mass is 525 g/mol. The SMILES string of the molecule is Cc1cc([C@@H](C)Oc2ccc(Cl)nc2S(=O)(=O)NC2CC2)c2oc(-c3cccnc3)c(C)c(=O)c2c1. The first kappa shape index (κ1) is 24.4. The van der Waals surface area contributed by atoms with Crippen LogP contribution in [-0.2, 0) is 10.0 Å². The third-order valence-corrected chi connectivity index (χ3v) is 7.66. The topological polar surface area (TPSA) is 111 Å². The van der Waals surface area contributed by atoms with Crippen molar-refractivity contribution in [2.75, 3.05) is 0 Å². The van der Waals surface area contributed by atoms with Crippen molar-refractivity contribution in [2.24, 2.45) is 0 Å². The molecule has 0 aliphatic heterocycles. The summed E-state index contributed by atoms with van der Waals surface area (Å²) in [5.41, 5.74) is 2.80. The molecule has 36 heavy (non-hydrogen) atoms. The lowest BCUT2D eigenvalue weighted by Gasteiger charge is -2.19. The number of aromatic nitrogens is 2. The van der Waals surface area contributed by atoms with E-state index >= 15 is 0 Å². The van der Waals surface area contributed by atoms with Crippen molar-refractivity contribution in [3.8, 4) is 17.1 Å². The molecule has 1 N–H and O–H groups in total. The van der Waals surface area contributed by atoms with Crippen molar-refractivity contribution in [3.05, 3.63) is 80.9 Å². The van der Waals surface area contributed by atoms with Crippen LogP contribution >= 0.6 is 11.6 Å². The van der Waals surface area contributed by atoms with Gasteiger partial charge in [-0.1, -0.05) is 11.6 Å². The summed E-state index contributed by atoms with van der Waals surface area (Å²) in [7, 11) is -3.93. The van der Waals surface area contributed by atoms with Crippen LogP contribution in [-0.4, -0.2) is 24.4 Å². The molecule has 10 heteroatoms. The van der Waals surface area contributed by atoms with E-state index in [1.165, 1.54) is 12.1 Å². The fourth-order valence-corrected chi connectivity index (χ4v) is 5.64. The summed E-state index contributed by atoms with van der Waals surface area (Å²) in [6.07, 6.45) is 4.15. The van der Waals surface area contributed by atoms with Crippen molar-refractivity contribution in [1.82, 2.24) is 14.7 Å². The normalized spacial score (nSPS) is 14.7. The fourth-order valence-electron chi connectivity index (χ4n) is 4.06. The molecule has 3 heterocycles. The van der Waals surface area contributed by atoms with Crippen LogP contribution in [0, 0.1) is 13.8 Å². The molecule has 0 radical (unpaired) electrons. The van der Waals surface area contributed by atoms with Crippen molar-refractivity contribution >= 4 is 32.6 Å². The summed E-state index contributed by atoms with van der Waals surface area (Å²) in [4.78, 5) is 21.5. The molecule has 0 unspecified atom stereocenters. The molecule has 186 valence electrons. The second-order valence-corrected chi connectivity index (χ2v) is 11.0. The zero-order valence-corrected chi connectivity index (χ0v) is 21.5. The Hall–Kier alpha value is -3.27. The number of rotatable bonds is 7. The number of ether oxygens (including phenoxy) is 1. The number of nitrogens with zero attached hydrogens (tertiary/aromatic N) is 2. The highest BCUT2D eigenvalue weighted by atomic mass is 35.5. The molecule has 1 fully saturated rings. The maximum Gasteiger partial charge on any atom is 0.262 e. The predicted octanol–water partition coefficient (Wildman–Crippen LogP) is 5.10. The lowest BCUT2D eigenvalue weighted by atomic mass is 10.0. The lowest BCUT2D eigenvalue weighted by molar-refractivity contribution is 0.219. The average Bonchev–Trinajstić information content (AvgIpc) is 3.66. The zero-order valence-electron chi connectivity index (χ0n) is 19.9. The minimum absolute atomic E-state index is 0.0368. The minimum atomic E-state index is -3.93. The number of hydrogen-bond acceptors (Lipinski definition) is 7. The third kappa shape index (κ3) is 4.74. The van der Waals surface area contributed by atoms with Gasteiger partial charge in [-0.15, -0.1) is 0 Å². The third-order valence-electron chi connectivity index (χ3n) is 6.00. The van der Waals surface area contributed by atoms with Crippen molar-refractivity contribution < 1.29 is 17.6 Å². The number of nitrogens with one attached hydrogen (secondary N) is 1. The van der Waals surface area contributed by atoms with Gasteiger partial charge in [-0.25, -0.2) is 18.1 Å². The zero-order chi connectivity index (χ0) is 25.6. The van der Waals surface area contributed by atoms with Crippen LogP contribution in [0.4, 0.5) is 0 Å². The molecular formula is C26H24ClN3O5S. The van der Waals surface area contributed by atoms with Gasteiger partial charge in [0.15, 0.2) is 11.2 Å². The molecule has 1 atom stereocenters. The molecule has 0 spiro atoms. The number of halogens is 1. The first-order valence-electron chi connectivity index (χ1n) is 11.5. The van der Waals surface area contributed by atoms with E-state index in [-0.39, 0.29) is 27.4 Å². The maximum atomic E-state index is 13.3. The molecule has 5 rings (SSSR count). The summed E-state index contributed by atoms with van der Waals surface area (Å²) < 4.78 is 40.9. The van der Waals surface area contributed by atoms with Gasteiger partial charge in [-0.2, -0.15) is 0 Å². The first-order valence-corrected chi connectivity index (χ1v) is 13.3. The predicted molar refractivity (Wildman–Crippen MR) is 137 cm³/mol. The number of hydrogen-bond donors (Lipinski definition) is 1. The van der Waals surface area contributed by atoms with E-state index in [4.69, 9.17) is 20.8 Å². The van der Waals surface area contributed by atoms with Crippen LogP contribution in [0.1, 0.15) is 42.6 Å². The van der Waals surface area contributed by atoms with E-state index in [0.29, 0.717) is 33.4 Å². The highest BCUT2D eigenvalue weighted by Crippen LogP contribution is 2.35. The van der Waals surface area contributed by atoms with E-state index in [9.17, 15) is 13.2 Å². The van der Waals surface area contributed by atoms with Gasteiger partial charge in [0.05, 0.1) is 5.39 Å². The number of sulfonamides is 1. The summed E-state index contributed by atoms with van der Waals surface area (Å²) in [6.45, 7) is 5.36. The highest BCUT2D eigenvalue weighted by Gasteiger charge is 2.32. The average molecular weight is 526 g/mol. The Bertz CT molecular complexity index is 1630. The van der Waals surface area contributed by atoms with Gasteiger partial charge < -0.3 is 9.15 Å². The van der Waals surface area contributed by atoms with Gasteiger partial charge in [-0.3, -0.25) is 9.78 Å². The van der Waals surface area contributed by atoms with E-state index in [0.717, 1.165) is 18.4 Å². The van der Waals surface area contributed by atoms with Crippen molar-refractivity contribution in [3.63, 3.8) is 0 Å². The Kier molecular flexibility index (Phi) is 6.32. The Morgan fingerprint density at radius 1 is 1.19 bits per heavy atom. The number of benzene rings is 1. The van der Waals surface area contributed by atoms with E-state index in [1.807, 2.05) is 19.1 Å². The van der Waals surface area contributed by atoms with Crippen LogP contribution in [0.15, 0.2) is 63.0 Å². The second kappa shape index (κ2) is 9.31. The summed E-state index contributed by atoms with van der Waals surface area (Å²) in [5.74, 6) is 0.472. The number of fused-ring (bicyclic) bond motifs is 1. The lowest BCUT2D eigenvalue weighted by Crippen LogP contribution is -2.27. The Morgan fingerprint density at radius 2 is 1.97 bits per heavy atom. The Morgan fingerprint density at radius 3 is 2.67 bits per heavy atom. The minimum Gasteiger partial charge on any atom is -0.483 e. The van der Waals surface area contributed by atoms with Gasteiger partial charge >= 0.3 is 0 Å². The van der Waals surface area contributed by atoms with Crippen LogP contribution in [0.25, 0.3) is 22.3 Å². The molecule has 3 aromatic heterocycles. The maximum absolute atomic E-state index is 13.3. The molecule has 0 bridgehead atoms. The number of aryl methyl sites for hydroxylation is 1. The Labute approximate surface area is 213 Å². The molecular weight excluding hydrogens is 502 g/mol. The van der Waals surface area contributed by atoms with Crippen LogP contribution in [0.3, 0.4) is 0 Å². The Balaban J connectivity index is 1.61. The van der Waals surface area contributed by atoms with E-state index in [1.54, 1.807) is 38.4 Å². The molecule has 0 saturated heterocycles. The van der Waals surface area contributed by atoms with Gasteiger partial charge in [0.1, 0.15) is 22.6 Å². The first-order chi connectivity index (χ1) is 17.1. The molecule has 1 aromatic carbocycles. The van der Waals surface area contributed by atoms with Crippen LogP contribution in [0.2, 0.25) is 5.15 Å². The summed E-state index contributed by atoms with van der Waals surface area (Å²) in [6, 6.07) is 10.1. The highest BCUT2D eigenvalue weighted by molar-refractivity contribution is 7.89. The summed E-state index contributed by atoms with van der Waals surface area (Å²) in [5, 5.41) is 0.178. The molecule has 8 nitrogen and oxygen atoms in total. The molecule has 1 aliphatic carbocycles. The molecule has 0 amide bonds. The molecule has 1 saturated carbocycles. The van der Waals surface area contributed by atoms with Crippen LogP contribution in [0.5, 0.6) is 5.75 Å². The smallest absolute Gasteiger partial charge is 0.262 e. The van der Waals surface area contributed by atoms with Gasteiger partial charge in [-0.05, 0) is 75.6 Å². The van der Waals surface area contributed by atoms with Crippen molar-refractivity contribution in [1.29, 1.82) is 0 Å². The van der Waals surface area contributed by atoms with Gasteiger partial charge in [0.2, 0.25) is 5.03 Å². The van der Waals surface area contributed by atoms with Crippen LogP contribution < -0.4 is 14.9 Å². The van der Waals surface area contributed by atoms with E-state index in [2.05, 4.69) is 14.7 Å². The second-order valence-electron chi connectivity index (χ2n) is 8.95. The molecule has 1 aliphatic rings. The molecule has 4 aromatic rings. The van der Waals surface area contributed by atoms with Gasteiger partial charge in [0, 0.05) is 35.1 Å². The quantitative estimate of drug-likeness (QED) is 0.334. The fraction of sp³-hybridized carbons (Fsp3) is 0.269. The van der Waals surface area contributed by atoms with Gasteiger partial charge in [0.25, 0.3) is 10.0 Å². The number of pyridine rings is 2. The van der Waals surface area contributed by atoms with Crippen molar-refractivity contribution in [2.45, 2.75) is 50.8 Å². The largest absolute Gasteiger partial charge is 0.483 e. The van der Waals surface area contributed by atoms with E-state index < -0.39 is 16.1 Å².